The molecule has 28 heavy (non-hydrogen) atoms. The summed E-state index contributed by atoms with van der Waals surface area (Å²) >= 11 is 5.72. The molecule has 0 fully saturated rings. The van der Waals surface area contributed by atoms with E-state index in [1.54, 1.807) is 36.4 Å². The Morgan fingerprint density at radius 2 is 1.79 bits per heavy atom. The highest BCUT2D eigenvalue weighted by Crippen LogP contribution is 2.14. The number of amides is 3. The van der Waals surface area contributed by atoms with Crippen molar-refractivity contribution in [1.82, 2.24) is 10.4 Å². The van der Waals surface area contributed by atoms with Crippen molar-refractivity contribution in [3.8, 4) is 5.75 Å². The summed E-state index contributed by atoms with van der Waals surface area (Å²) in [5, 5.41) is 9.18. The molecular formula is C18H18ClN5O4. The van der Waals surface area contributed by atoms with Gasteiger partial charge in [0.15, 0.2) is 0 Å². The Morgan fingerprint density at radius 3 is 2.39 bits per heavy atom. The van der Waals surface area contributed by atoms with E-state index >= 15 is 0 Å². The molecule has 1 aromatic heterocycles. The Bertz CT molecular complexity index is 882. The van der Waals surface area contributed by atoms with Crippen molar-refractivity contribution in [3.63, 3.8) is 0 Å². The maximum Gasteiger partial charge on any atom is 0.329 e. The van der Waals surface area contributed by atoms with Crippen LogP contribution in [0.5, 0.6) is 5.75 Å². The van der Waals surface area contributed by atoms with Crippen molar-refractivity contribution in [3.05, 3.63) is 47.6 Å². The molecule has 0 aliphatic rings. The van der Waals surface area contributed by atoms with Gasteiger partial charge in [-0.3, -0.25) is 14.4 Å². The van der Waals surface area contributed by atoms with E-state index in [4.69, 9.17) is 16.3 Å². The second kappa shape index (κ2) is 10.0. The molecule has 1 aromatic carbocycles. The number of hydrogen-bond acceptors (Lipinski definition) is 6. The van der Waals surface area contributed by atoms with Crippen molar-refractivity contribution < 1.29 is 19.1 Å². The van der Waals surface area contributed by atoms with Gasteiger partial charge in [-0.2, -0.15) is 5.10 Å². The number of benzene rings is 1. The highest BCUT2D eigenvalue weighted by atomic mass is 35.5. The molecule has 0 atom stereocenters. The summed E-state index contributed by atoms with van der Waals surface area (Å²) in [5.41, 5.74) is 2.83. The van der Waals surface area contributed by atoms with Crippen LogP contribution in [0.4, 0.5) is 11.5 Å². The molecule has 0 spiro atoms. The van der Waals surface area contributed by atoms with Gasteiger partial charge in [0.1, 0.15) is 11.6 Å². The summed E-state index contributed by atoms with van der Waals surface area (Å²) in [6.45, 7) is 1.54. The number of rotatable bonds is 6. The van der Waals surface area contributed by atoms with E-state index in [2.05, 4.69) is 26.1 Å². The topological polar surface area (TPSA) is 122 Å². The summed E-state index contributed by atoms with van der Waals surface area (Å²) in [4.78, 5) is 39.5. The number of ether oxygens (including phenoxy) is 1. The fraction of sp³-hybridized carbons (Fsp3) is 0.167. The molecule has 2 aromatic rings. The molecule has 3 N–H and O–H groups in total. The van der Waals surface area contributed by atoms with Crippen LogP contribution in [0.25, 0.3) is 0 Å². The van der Waals surface area contributed by atoms with Crippen LogP contribution in [0.15, 0.2) is 47.7 Å². The minimum absolute atomic E-state index is 0.0926. The van der Waals surface area contributed by atoms with E-state index in [-0.39, 0.29) is 12.3 Å². The van der Waals surface area contributed by atoms with Gasteiger partial charge in [-0.1, -0.05) is 11.6 Å². The zero-order valence-corrected chi connectivity index (χ0v) is 15.9. The van der Waals surface area contributed by atoms with Gasteiger partial charge in [-0.15, -0.1) is 0 Å². The molecule has 0 bridgehead atoms. The van der Waals surface area contributed by atoms with Gasteiger partial charge in [-0.25, -0.2) is 10.4 Å². The maximum absolute atomic E-state index is 11.9. The predicted octanol–water partition coefficient (Wildman–Crippen LogP) is 2.20. The first-order chi connectivity index (χ1) is 13.4. The average Bonchev–Trinajstić information content (AvgIpc) is 2.68. The number of methoxy groups -OCH3 is 1. The first-order valence-corrected chi connectivity index (χ1v) is 8.45. The molecule has 0 radical (unpaired) electrons. The summed E-state index contributed by atoms with van der Waals surface area (Å²) < 4.78 is 5.01. The normalized spacial score (nSPS) is 10.8. The van der Waals surface area contributed by atoms with Crippen LogP contribution in [0.2, 0.25) is 5.02 Å². The van der Waals surface area contributed by atoms with E-state index in [0.717, 1.165) is 0 Å². The number of aromatic nitrogens is 1. The number of anilines is 2. The van der Waals surface area contributed by atoms with Gasteiger partial charge in [0.25, 0.3) is 0 Å². The monoisotopic (exact) mass is 403 g/mol. The van der Waals surface area contributed by atoms with Crippen molar-refractivity contribution in [2.75, 3.05) is 17.7 Å². The van der Waals surface area contributed by atoms with Crippen LogP contribution >= 0.6 is 11.6 Å². The van der Waals surface area contributed by atoms with Gasteiger partial charge in [-0.05, 0) is 43.3 Å². The zero-order valence-electron chi connectivity index (χ0n) is 15.2. The third-order valence-corrected chi connectivity index (χ3v) is 3.54. The highest BCUT2D eigenvalue weighted by Gasteiger charge is 2.13. The van der Waals surface area contributed by atoms with Gasteiger partial charge < -0.3 is 15.4 Å². The second-order valence-electron chi connectivity index (χ2n) is 5.56. The summed E-state index contributed by atoms with van der Waals surface area (Å²) in [7, 11) is 1.52. The van der Waals surface area contributed by atoms with Crippen molar-refractivity contribution in [2.45, 2.75) is 13.3 Å². The molecule has 3 amide bonds. The third-order valence-electron chi connectivity index (χ3n) is 3.31. The molecule has 9 nitrogen and oxygen atoms in total. The number of halogens is 1. The van der Waals surface area contributed by atoms with Crippen LogP contribution in [-0.4, -0.2) is 35.5 Å². The Morgan fingerprint density at radius 1 is 1.07 bits per heavy atom. The molecule has 0 unspecified atom stereocenters. The molecule has 0 saturated heterocycles. The fourth-order valence-corrected chi connectivity index (χ4v) is 2.08. The van der Waals surface area contributed by atoms with E-state index in [0.29, 0.717) is 28.0 Å². The van der Waals surface area contributed by atoms with E-state index in [1.807, 2.05) is 0 Å². The Balaban J connectivity index is 1.81. The fourth-order valence-electron chi connectivity index (χ4n) is 1.97. The summed E-state index contributed by atoms with van der Waals surface area (Å²) in [5.74, 6) is -1.28. The van der Waals surface area contributed by atoms with Crippen molar-refractivity contribution in [2.24, 2.45) is 5.10 Å². The minimum Gasteiger partial charge on any atom is -0.497 e. The first kappa shape index (κ1) is 20.8. The quantitative estimate of drug-likeness (QED) is 0.388. The first-order valence-electron chi connectivity index (χ1n) is 8.07. The molecule has 0 aliphatic heterocycles. The number of pyridine rings is 1. The largest absolute Gasteiger partial charge is 0.497 e. The highest BCUT2D eigenvalue weighted by molar-refractivity contribution is 6.39. The molecule has 1 heterocycles. The van der Waals surface area contributed by atoms with Crippen LogP contribution in [0.3, 0.4) is 0 Å². The average molecular weight is 404 g/mol. The lowest BCUT2D eigenvalue weighted by atomic mass is 10.3. The zero-order chi connectivity index (χ0) is 20.5. The Labute approximate surface area is 166 Å². The van der Waals surface area contributed by atoms with Gasteiger partial charge in [0.05, 0.1) is 18.6 Å². The van der Waals surface area contributed by atoms with Crippen LogP contribution in [-0.2, 0) is 14.4 Å². The lowest BCUT2D eigenvalue weighted by Gasteiger charge is -2.06. The molecule has 2 rings (SSSR count). The third kappa shape index (κ3) is 6.69. The number of carbonyl (C=O) groups is 3. The molecule has 0 saturated carbocycles. The molecule has 10 heteroatoms. The standard InChI is InChI=1S/C18H18ClN5O4/c1-11(9-16(25)22-15-8-3-12(19)10-20-15)23-24-18(27)17(26)21-13-4-6-14(28-2)7-5-13/h3-8,10H,9H2,1-2H3,(H,21,26)(H,24,27)(H,20,22,25)/b23-11-. The molecule has 0 aliphatic carbocycles. The van der Waals surface area contributed by atoms with Gasteiger partial charge in [0, 0.05) is 17.6 Å². The Kier molecular flexibility index (Phi) is 7.46. The Hall–Kier alpha value is -3.46. The molecule has 146 valence electrons. The lowest BCUT2D eigenvalue weighted by Crippen LogP contribution is -2.33. The van der Waals surface area contributed by atoms with E-state index in [9.17, 15) is 14.4 Å². The minimum atomic E-state index is -0.963. The number of hydrazone groups is 1. The number of nitrogens with one attached hydrogen (secondary N) is 3. The summed E-state index contributed by atoms with van der Waals surface area (Å²) in [6, 6.07) is 9.61. The lowest BCUT2D eigenvalue weighted by molar-refractivity contribution is -0.136. The van der Waals surface area contributed by atoms with E-state index in [1.165, 1.54) is 20.2 Å². The SMILES string of the molecule is COc1ccc(NC(=O)C(=O)N/N=C(/C)CC(=O)Nc2ccc(Cl)cn2)cc1. The van der Waals surface area contributed by atoms with Crippen LogP contribution < -0.4 is 20.8 Å². The molecular weight excluding hydrogens is 386 g/mol. The van der Waals surface area contributed by atoms with Crippen molar-refractivity contribution >= 4 is 46.5 Å². The predicted molar refractivity (Wildman–Crippen MR) is 105 cm³/mol. The van der Waals surface area contributed by atoms with Crippen LogP contribution in [0, 0.1) is 0 Å². The number of nitrogens with zero attached hydrogens (tertiary/aromatic N) is 2. The smallest absolute Gasteiger partial charge is 0.329 e. The second-order valence-corrected chi connectivity index (χ2v) is 5.99. The van der Waals surface area contributed by atoms with Crippen molar-refractivity contribution in [1.29, 1.82) is 0 Å². The van der Waals surface area contributed by atoms with Gasteiger partial charge in [0.2, 0.25) is 5.91 Å². The van der Waals surface area contributed by atoms with E-state index < -0.39 is 11.8 Å². The number of carbonyl (C=O) groups excluding carboxylic acids is 3. The van der Waals surface area contributed by atoms with Gasteiger partial charge >= 0.3 is 11.8 Å². The maximum atomic E-state index is 11.9. The van der Waals surface area contributed by atoms with Crippen LogP contribution in [0.1, 0.15) is 13.3 Å². The summed E-state index contributed by atoms with van der Waals surface area (Å²) in [6.07, 6.45) is 1.31. The number of hydrogen-bond donors (Lipinski definition) is 3.